The Bertz CT molecular complexity index is 529. The molecular weight excluding hydrogens is 266 g/mol. The Kier molecular flexibility index (Phi) is 4.14. The van der Waals surface area contributed by atoms with Crippen LogP contribution in [0.5, 0.6) is 0 Å². The molecule has 1 fully saturated rings. The minimum Gasteiger partial charge on any atom is -0.480 e. The molecule has 0 saturated carbocycles. The van der Waals surface area contributed by atoms with Crippen LogP contribution in [-0.4, -0.2) is 44.7 Å². The summed E-state index contributed by atoms with van der Waals surface area (Å²) < 4.78 is 1.57. The van der Waals surface area contributed by atoms with E-state index in [1.807, 2.05) is 13.8 Å². The summed E-state index contributed by atoms with van der Waals surface area (Å²) in [6.07, 6.45) is 3.18. The molecule has 1 aliphatic rings. The van der Waals surface area contributed by atoms with E-state index in [0.29, 0.717) is 12.3 Å². The van der Waals surface area contributed by atoms with E-state index in [1.54, 1.807) is 33.6 Å². The molecule has 1 unspecified atom stereocenters. The number of hydrogen-bond acceptors (Lipinski definition) is 5. The molecular formula is C12H17N3O3S. The molecule has 0 spiro atoms. The van der Waals surface area contributed by atoms with E-state index in [4.69, 9.17) is 0 Å². The van der Waals surface area contributed by atoms with Crippen molar-refractivity contribution >= 4 is 23.5 Å². The molecule has 1 saturated heterocycles. The minimum absolute atomic E-state index is 0.0247. The lowest BCUT2D eigenvalue weighted by atomic mass is 10.2. The summed E-state index contributed by atoms with van der Waals surface area (Å²) in [7, 11) is 0. The first kappa shape index (κ1) is 13.9. The second-order valence-corrected chi connectivity index (χ2v) is 5.83. The summed E-state index contributed by atoms with van der Waals surface area (Å²) in [6, 6.07) is -0.654. The van der Waals surface area contributed by atoms with E-state index in [0.717, 1.165) is 5.75 Å². The topological polar surface area (TPSA) is 75.4 Å². The molecule has 1 aromatic rings. The van der Waals surface area contributed by atoms with E-state index in [-0.39, 0.29) is 17.4 Å². The monoisotopic (exact) mass is 283 g/mol. The van der Waals surface area contributed by atoms with Gasteiger partial charge in [0.2, 0.25) is 0 Å². The molecule has 1 aliphatic heterocycles. The number of carbonyl (C=O) groups is 1. The van der Waals surface area contributed by atoms with Crippen molar-refractivity contribution in [2.75, 3.05) is 23.0 Å². The van der Waals surface area contributed by atoms with Gasteiger partial charge in [-0.05, 0) is 13.8 Å². The Morgan fingerprint density at radius 3 is 2.95 bits per heavy atom. The molecule has 6 nitrogen and oxygen atoms in total. The van der Waals surface area contributed by atoms with Crippen LogP contribution < -0.4 is 10.5 Å². The Morgan fingerprint density at radius 1 is 1.58 bits per heavy atom. The van der Waals surface area contributed by atoms with Gasteiger partial charge in [0.25, 0.3) is 5.56 Å². The molecule has 19 heavy (non-hydrogen) atoms. The predicted octanol–water partition coefficient (Wildman–Crippen LogP) is 0.831. The van der Waals surface area contributed by atoms with Crippen molar-refractivity contribution in [2.45, 2.75) is 25.9 Å². The molecule has 0 radical (unpaired) electrons. The molecule has 1 aromatic heterocycles. The van der Waals surface area contributed by atoms with Crippen molar-refractivity contribution in [3.63, 3.8) is 0 Å². The first-order chi connectivity index (χ1) is 9.02. The van der Waals surface area contributed by atoms with Crippen molar-refractivity contribution in [1.82, 2.24) is 9.55 Å². The number of thioether (sulfide) groups is 1. The highest BCUT2D eigenvalue weighted by Gasteiger charge is 2.31. The number of carboxylic acid groups (broad SMARTS) is 1. The Balaban J connectivity index is 2.42. The van der Waals surface area contributed by atoms with Crippen molar-refractivity contribution in [3.05, 3.63) is 22.7 Å². The summed E-state index contributed by atoms with van der Waals surface area (Å²) in [5.41, 5.74) is -0.226. The van der Waals surface area contributed by atoms with Gasteiger partial charge in [-0.2, -0.15) is 11.8 Å². The highest BCUT2D eigenvalue weighted by atomic mass is 32.2. The smallest absolute Gasteiger partial charge is 0.327 e. The zero-order valence-corrected chi connectivity index (χ0v) is 11.8. The lowest BCUT2D eigenvalue weighted by Gasteiger charge is -2.33. The molecule has 1 N–H and O–H groups in total. The molecule has 2 heterocycles. The summed E-state index contributed by atoms with van der Waals surface area (Å²) >= 11 is 1.59. The third kappa shape index (κ3) is 2.75. The molecule has 0 aliphatic carbocycles. The van der Waals surface area contributed by atoms with Crippen molar-refractivity contribution in [3.8, 4) is 0 Å². The number of aromatic nitrogens is 2. The average molecular weight is 283 g/mol. The molecule has 0 aromatic carbocycles. The number of rotatable bonds is 3. The van der Waals surface area contributed by atoms with Crippen LogP contribution in [0.3, 0.4) is 0 Å². The van der Waals surface area contributed by atoms with Gasteiger partial charge in [0, 0.05) is 36.5 Å². The molecule has 0 bridgehead atoms. The third-order valence-electron chi connectivity index (χ3n) is 3.09. The maximum Gasteiger partial charge on any atom is 0.327 e. The number of carboxylic acids is 1. The lowest BCUT2D eigenvalue weighted by Crippen LogP contribution is -2.50. The van der Waals surface area contributed by atoms with Crippen molar-refractivity contribution in [2.24, 2.45) is 0 Å². The van der Waals surface area contributed by atoms with Crippen LogP contribution >= 0.6 is 11.8 Å². The van der Waals surface area contributed by atoms with Crippen LogP contribution in [0.1, 0.15) is 19.9 Å². The van der Waals surface area contributed by atoms with Gasteiger partial charge in [0.05, 0.1) is 0 Å². The van der Waals surface area contributed by atoms with Crippen LogP contribution in [-0.2, 0) is 4.79 Å². The van der Waals surface area contributed by atoms with E-state index >= 15 is 0 Å². The maximum absolute atomic E-state index is 12.3. The van der Waals surface area contributed by atoms with E-state index in [1.165, 1.54) is 0 Å². The molecule has 2 rings (SSSR count). The van der Waals surface area contributed by atoms with Gasteiger partial charge < -0.3 is 14.6 Å². The predicted molar refractivity (Wildman–Crippen MR) is 75.0 cm³/mol. The summed E-state index contributed by atoms with van der Waals surface area (Å²) in [5, 5.41) is 9.25. The van der Waals surface area contributed by atoms with E-state index in [9.17, 15) is 14.7 Å². The summed E-state index contributed by atoms with van der Waals surface area (Å²) in [6.45, 7) is 4.35. The molecule has 0 amide bonds. The van der Waals surface area contributed by atoms with Gasteiger partial charge in [-0.1, -0.05) is 0 Å². The summed E-state index contributed by atoms with van der Waals surface area (Å²) in [5.74, 6) is 0.617. The van der Waals surface area contributed by atoms with E-state index in [2.05, 4.69) is 4.98 Å². The fraction of sp³-hybridized carbons (Fsp3) is 0.583. The number of anilines is 1. The Morgan fingerprint density at radius 2 is 2.32 bits per heavy atom. The molecule has 7 heteroatoms. The minimum atomic E-state index is -0.909. The Hall–Kier alpha value is -1.50. The summed E-state index contributed by atoms with van der Waals surface area (Å²) in [4.78, 5) is 29.3. The van der Waals surface area contributed by atoms with Crippen LogP contribution in [0.25, 0.3) is 0 Å². The Labute approximate surface area is 115 Å². The number of nitrogens with zero attached hydrogens (tertiary/aromatic N) is 3. The molecule has 1 atom stereocenters. The zero-order valence-electron chi connectivity index (χ0n) is 10.9. The SMILES string of the molecule is CC(C)n1ccnc(N2CCSCC2C(=O)O)c1=O. The van der Waals surface area contributed by atoms with Gasteiger partial charge >= 0.3 is 5.97 Å². The van der Waals surface area contributed by atoms with Gasteiger partial charge in [0.1, 0.15) is 6.04 Å². The van der Waals surface area contributed by atoms with Gasteiger partial charge in [0.15, 0.2) is 5.82 Å². The second kappa shape index (κ2) is 5.64. The van der Waals surface area contributed by atoms with Gasteiger partial charge in [-0.25, -0.2) is 9.78 Å². The van der Waals surface area contributed by atoms with Crippen molar-refractivity contribution in [1.29, 1.82) is 0 Å². The van der Waals surface area contributed by atoms with Gasteiger partial charge in [-0.15, -0.1) is 0 Å². The zero-order chi connectivity index (χ0) is 14.0. The molecule has 104 valence electrons. The maximum atomic E-state index is 12.3. The quantitative estimate of drug-likeness (QED) is 0.885. The van der Waals surface area contributed by atoms with Crippen LogP contribution in [0, 0.1) is 0 Å². The fourth-order valence-corrected chi connectivity index (χ4v) is 3.12. The van der Waals surface area contributed by atoms with Crippen molar-refractivity contribution < 1.29 is 9.90 Å². The normalized spacial score (nSPS) is 19.7. The fourth-order valence-electron chi connectivity index (χ4n) is 2.08. The van der Waals surface area contributed by atoms with Crippen LogP contribution in [0.2, 0.25) is 0 Å². The second-order valence-electron chi connectivity index (χ2n) is 4.68. The highest BCUT2D eigenvalue weighted by Crippen LogP contribution is 2.20. The number of aliphatic carboxylic acids is 1. The number of hydrogen-bond donors (Lipinski definition) is 1. The lowest BCUT2D eigenvalue weighted by molar-refractivity contribution is -0.138. The first-order valence-corrected chi connectivity index (χ1v) is 7.32. The van der Waals surface area contributed by atoms with Gasteiger partial charge in [-0.3, -0.25) is 4.79 Å². The standard InChI is InChI=1S/C12H17N3O3S/c1-8(2)14-4-3-13-10(11(14)16)15-5-6-19-7-9(15)12(17)18/h3-4,8-9H,5-7H2,1-2H3,(H,17,18). The van der Waals surface area contributed by atoms with Crippen LogP contribution in [0.15, 0.2) is 17.2 Å². The van der Waals surface area contributed by atoms with E-state index < -0.39 is 12.0 Å². The largest absolute Gasteiger partial charge is 0.480 e. The first-order valence-electron chi connectivity index (χ1n) is 6.16. The third-order valence-corrected chi connectivity index (χ3v) is 4.11. The highest BCUT2D eigenvalue weighted by molar-refractivity contribution is 7.99. The average Bonchev–Trinajstić information content (AvgIpc) is 2.38. The van der Waals surface area contributed by atoms with Crippen LogP contribution in [0.4, 0.5) is 5.82 Å².